The average molecular weight is 235 g/mol. The van der Waals surface area contributed by atoms with E-state index in [4.69, 9.17) is 5.11 Å². The first kappa shape index (κ1) is 12.9. The zero-order valence-corrected chi connectivity index (χ0v) is 10.3. The van der Waals surface area contributed by atoms with E-state index in [1.807, 2.05) is 6.92 Å². The molecular formula is C10H21NO3S. The molecular weight excluding hydrogens is 214 g/mol. The van der Waals surface area contributed by atoms with Crippen LogP contribution in [0.5, 0.6) is 0 Å². The highest BCUT2D eigenvalue weighted by molar-refractivity contribution is 7.91. The Balaban J connectivity index is 2.47. The van der Waals surface area contributed by atoms with Crippen LogP contribution in [0.4, 0.5) is 0 Å². The third-order valence-corrected chi connectivity index (χ3v) is 4.71. The molecule has 1 fully saturated rings. The molecule has 90 valence electrons. The molecule has 5 heteroatoms. The maximum absolute atomic E-state index is 11.5. The lowest BCUT2D eigenvalue weighted by Crippen LogP contribution is -2.42. The van der Waals surface area contributed by atoms with E-state index in [0.717, 1.165) is 19.3 Å². The number of nitrogens with one attached hydrogen (secondary N) is 1. The first-order valence-electron chi connectivity index (χ1n) is 5.48. The summed E-state index contributed by atoms with van der Waals surface area (Å²) in [6, 6.07) is 0.0778. The van der Waals surface area contributed by atoms with E-state index in [0.29, 0.717) is 6.54 Å². The summed E-state index contributed by atoms with van der Waals surface area (Å²) in [6.07, 6.45) is 3.98. The Morgan fingerprint density at radius 1 is 1.47 bits per heavy atom. The molecule has 0 radical (unpaired) electrons. The second-order valence-corrected chi connectivity index (χ2v) is 6.87. The summed E-state index contributed by atoms with van der Waals surface area (Å²) < 4.78 is 22.9. The predicted octanol–water partition coefficient (Wildman–Crippen LogP) is 0.170. The summed E-state index contributed by atoms with van der Waals surface area (Å²) in [5.41, 5.74) is 0. The van der Waals surface area contributed by atoms with Crippen LogP contribution in [-0.2, 0) is 9.84 Å². The molecule has 3 atom stereocenters. The van der Waals surface area contributed by atoms with Crippen LogP contribution in [-0.4, -0.2) is 44.2 Å². The van der Waals surface area contributed by atoms with E-state index < -0.39 is 9.84 Å². The van der Waals surface area contributed by atoms with Crippen LogP contribution in [0.3, 0.4) is 0 Å². The maximum atomic E-state index is 11.5. The van der Waals surface area contributed by atoms with Crippen molar-refractivity contribution in [2.75, 3.05) is 19.4 Å². The number of aliphatic hydroxyl groups excluding tert-OH is 1. The van der Waals surface area contributed by atoms with Gasteiger partial charge in [-0.2, -0.15) is 0 Å². The summed E-state index contributed by atoms with van der Waals surface area (Å²) in [7, 11) is -2.93. The number of aliphatic hydroxyl groups is 1. The number of hydrogen-bond donors (Lipinski definition) is 2. The number of rotatable bonds is 5. The van der Waals surface area contributed by atoms with E-state index >= 15 is 0 Å². The second kappa shape index (κ2) is 5.27. The van der Waals surface area contributed by atoms with Crippen molar-refractivity contribution in [3.8, 4) is 0 Å². The van der Waals surface area contributed by atoms with Gasteiger partial charge in [0, 0.05) is 25.4 Å². The fourth-order valence-electron chi connectivity index (χ4n) is 2.09. The van der Waals surface area contributed by atoms with Crippen LogP contribution in [0.1, 0.15) is 26.2 Å². The van der Waals surface area contributed by atoms with Gasteiger partial charge in [-0.3, -0.25) is 0 Å². The van der Waals surface area contributed by atoms with Crippen molar-refractivity contribution >= 4 is 9.84 Å². The molecule has 0 spiro atoms. The summed E-state index contributed by atoms with van der Waals surface area (Å²) in [6.45, 7) is 2.77. The van der Waals surface area contributed by atoms with E-state index in [2.05, 4.69) is 5.32 Å². The van der Waals surface area contributed by atoms with E-state index in [1.54, 1.807) is 0 Å². The molecule has 0 aromatic rings. The Hall–Kier alpha value is -0.130. The lowest BCUT2D eigenvalue weighted by atomic mass is 10.1. The van der Waals surface area contributed by atoms with Crippen molar-refractivity contribution in [2.24, 2.45) is 5.92 Å². The van der Waals surface area contributed by atoms with Crippen molar-refractivity contribution in [3.05, 3.63) is 0 Å². The van der Waals surface area contributed by atoms with Crippen molar-refractivity contribution in [2.45, 2.75) is 37.5 Å². The Labute approximate surface area is 92.0 Å². The van der Waals surface area contributed by atoms with Crippen LogP contribution in [0.25, 0.3) is 0 Å². The fourth-order valence-corrected chi connectivity index (χ4v) is 3.51. The van der Waals surface area contributed by atoms with Gasteiger partial charge in [-0.25, -0.2) is 8.42 Å². The minimum absolute atomic E-state index is 0.0778. The lowest BCUT2D eigenvalue weighted by Gasteiger charge is -2.21. The van der Waals surface area contributed by atoms with E-state index in [-0.39, 0.29) is 23.8 Å². The Morgan fingerprint density at radius 2 is 2.13 bits per heavy atom. The Bertz CT molecular complexity index is 289. The highest BCUT2D eigenvalue weighted by Crippen LogP contribution is 2.25. The fraction of sp³-hybridized carbons (Fsp3) is 1.00. The quantitative estimate of drug-likeness (QED) is 0.713. The third kappa shape index (κ3) is 3.74. The van der Waals surface area contributed by atoms with Crippen molar-refractivity contribution < 1.29 is 13.5 Å². The molecule has 15 heavy (non-hydrogen) atoms. The normalized spacial score (nSPS) is 29.3. The molecule has 0 saturated heterocycles. The van der Waals surface area contributed by atoms with Gasteiger partial charge in [0.15, 0.2) is 9.84 Å². The molecule has 1 rings (SSSR count). The molecule has 1 aliphatic carbocycles. The molecule has 0 aromatic heterocycles. The molecule has 4 nitrogen and oxygen atoms in total. The summed E-state index contributed by atoms with van der Waals surface area (Å²) in [5, 5.41) is 11.9. The van der Waals surface area contributed by atoms with Crippen molar-refractivity contribution in [3.63, 3.8) is 0 Å². The molecule has 0 amide bonds. The van der Waals surface area contributed by atoms with Gasteiger partial charge in [0.25, 0.3) is 0 Å². The third-order valence-electron chi connectivity index (χ3n) is 3.04. The van der Waals surface area contributed by atoms with Gasteiger partial charge >= 0.3 is 0 Å². The highest BCUT2D eigenvalue weighted by atomic mass is 32.2. The number of hydrogen-bond acceptors (Lipinski definition) is 4. The zero-order chi connectivity index (χ0) is 11.5. The Morgan fingerprint density at radius 3 is 2.67 bits per heavy atom. The minimum atomic E-state index is -2.93. The molecule has 0 bridgehead atoms. The van der Waals surface area contributed by atoms with E-state index in [1.165, 1.54) is 6.26 Å². The minimum Gasteiger partial charge on any atom is -0.396 e. The first-order chi connectivity index (χ1) is 6.95. The molecule has 3 unspecified atom stereocenters. The van der Waals surface area contributed by atoms with Gasteiger partial charge in [-0.1, -0.05) is 13.3 Å². The van der Waals surface area contributed by atoms with Gasteiger partial charge in [-0.05, 0) is 18.8 Å². The standard InChI is InChI=1S/C10H21NO3S/c1-8(7-12)6-11-9-4-3-5-10(9)15(2,13)14/h8-12H,3-7H2,1-2H3. The molecule has 1 aliphatic rings. The topological polar surface area (TPSA) is 66.4 Å². The largest absolute Gasteiger partial charge is 0.396 e. The summed E-state index contributed by atoms with van der Waals surface area (Å²) >= 11 is 0. The molecule has 0 aromatic carbocycles. The monoisotopic (exact) mass is 235 g/mol. The van der Waals surface area contributed by atoms with Gasteiger partial charge < -0.3 is 10.4 Å². The SMILES string of the molecule is CC(CO)CNC1CCCC1S(C)(=O)=O. The smallest absolute Gasteiger partial charge is 0.151 e. The molecule has 0 aliphatic heterocycles. The first-order valence-corrected chi connectivity index (χ1v) is 7.43. The Kier molecular flexibility index (Phi) is 4.55. The van der Waals surface area contributed by atoms with Crippen LogP contribution in [0.2, 0.25) is 0 Å². The average Bonchev–Trinajstić information content (AvgIpc) is 2.61. The van der Waals surface area contributed by atoms with Gasteiger partial charge in [0.1, 0.15) is 0 Å². The van der Waals surface area contributed by atoms with Crippen molar-refractivity contribution in [1.29, 1.82) is 0 Å². The van der Waals surface area contributed by atoms with Gasteiger partial charge in [-0.15, -0.1) is 0 Å². The number of sulfone groups is 1. The van der Waals surface area contributed by atoms with Crippen molar-refractivity contribution in [1.82, 2.24) is 5.32 Å². The van der Waals surface area contributed by atoms with Crippen LogP contribution < -0.4 is 5.32 Å². The van der Waals surface area contributed by atoms with E-state index in [9.17, 15) is 8.42 Å². The van der Waals surface area contributed by atoms with Crippen LogP contribution in [0, 0.1) is 5.92 Å². The molecule has 0 heterocycles. The zero-order valence-electron chi connectivity index (χ0n) is 9.44. The summed E-state index contributed by atoms with van der Waals surface area (Å²) in [4.78, 5) is 0. The van der Waals surface area contributed by atoms with Gasteiger partial charge in [0.05, 0.1) is 5.25 Å². The molecule has 1 saturated carbocycles. The van der Waals surface area contributed by atoms with Gasteiger partial charge in [0.2, 0.25) is 0 Å². The second-order valence-electron chi connectivity index (χ2n) is 4.60. The maximum Gasteiger partial charge on any atom is 0.151 e. The lowest BCUT2D eigenvalue weighted by molar-refractivity contribution is 0.230. The summed E-state index contributed by atoms with van der Waals surface area (Å²) in [5.74, 6) is 0.186. The van der Waals surface area contributed by atoms with Crippen LogP contribution in [0.15, 0.2) is 0 Å². The van der Waals surface area contributed by atoms with Crippen LogP contribution >= 0.6 is 0 Å². The molecule has 2 N–H and O–H groups in total. The highest BCUT2D eigenvalue weighted by Gasteiger charge is 2.34. The predicted molar refractivity (Wildman–Crippen MR) is 60.5 cm³/mol.